The molecule has 0 atom stereocenters. The number of amides is 1. The summed E-state index contributed by atoms with van der Waals surface area (Å²) in [5.41, 5.74) is -0.0862. The van der Waals surface area contributed by atoms with Gasteiger partial charge >= 0.3 is 6.18 Å². The average Bonchev–Trinajstić information content (AvgIpc) is 2.88. The molecular formula is C16H18F3N3O. The van der Waals surface area contributed by atoms with Gasteiger partial charge < -0.3 is 4.90 Å². The van der Waals surface area contributed by atoms with Crippen LogP contribution in [-0.4, -0.2) is 22.7 Å². The standard InChI is InChI=1S/C16H18F3N3O/c1-10(2)11-6-5-7-12(8-11)22(4)15(23)13-9-21(3)20-14(13)16(17,18)19/h5-10H,1-4H3. The van der Waals surface area contributed by atoms with Crippen LogP contribution >= 0.6 is 0 Å². The van der Waals surface area contributed by atoms with E-state index in [4.69, 9.17) is 0 Å². The Morgan fingerprint density at radius 2 is 1.96 bits per heavy atom. The highest BCUT2D eigenvalue weighted by molar-refractivity contribution is 6.06. The molecule has 1 heterocycles. The zero-order valence-electron chi connectivity index (χ0n) is 13.3. The molecule has 0 aliphatic heterocycles. The molecule has 4 nitrogen and oxygen atoms in total. The summed E-state index contributed by atoms with van der Waals surface area (Å²) in [5, 5.41) is 3.37. The maximum Gasteiger partial charge on any atom is 0.435 e. The van der Waals surface area contributed by atoms with Gasteiger partial charge in [0.05, 0.1) is 5.56 Å². The average molecular weight is 325 g/mol. The number of halogens is 3. The third kappa shape index (κ3) is 3.55. The molecule has 1 amide bonds. The van der Waals surface area contributed by atoms with Gasteiger partial charge in [-0.15, -0.1) is 0 Å². The molecule has 0 unspecified atom stereocenters. The van der Waals surface area contributed by atoms with E-state index in [1.807, 2.05) is 19.9 Å². The topological polar surface area (TPSA) is 38.1 Å². The molecule has 2 aromatic rings. The Labute approximate surface area is 132 Å². The lowest BCUT2D eigenvalue weighted by Crippen LogP contribution is -2.28. The van der Waals surface area contributed by atoms with Crippen molar-refractivity contribution in [1.82, 2.24) is 9.78 Å². The van der Waals surface area contributed by atoms with Crippen LogP contribution in [0.2, 0.25) is 0 Å². The fourth-order valence-electron chi connectivity index (χ4n) is 2.24. The molecule has 0 saturated heterocycles. The highest BCUT2D eigenvalue weighted by atomic mass is 19.4. The summed E-state index contributed by atoms with van der Waals surface area (Å²) in [6, 6.07) is 7.18. The van der Waals surface area contributed by atoms with Crippen LogP contribution in [0.1, 0.15) is 41.4 Å². The van der Waals surface area contributed by atoms with E-state index in [0.717, 1.165) is 16.4 Å². The molecule has 2 rings (SSSR count). The molecule has 0 spiro atoms. The fraction of sp³-hybridized carbons (Fsp3) is 0.375. The number of carbonyl (C=O) groups excluding carboxylic acids is 1. The summed E-state index contributed by atoms with van der Waals surface area (Å²) in [4.78, 5) is 13.7. The van der Waals surface area contributed by atoms with Gasteiger partial charge in [-0.25, -0.2) is 0 Å². The number of nitrogens with zero attached hydrogens (tertiary/aromatic N) is 3. The van der Waals surface area contributed by atoms with Gasteiger partial charge in [-0.3, -0.25) is 9.48 Å². The Balaban J connectivity index is 2.39. The van der Waals surface area contributed by atoms with Gasteiger partial charge in [0.1, 0.15) is 0 Å². The fourth-order valence-corrected chi connectivity index (χ4v) is 2.24. The zero-order chi connectivity index (χ0) is 17.4. The molecule has 23 heavy (non-hydrogen) atoms. The first kappa shape index (κ1) is 17.1. The summed E-state index contributed by atoms with van der Waals surface area (Å²) in [6.07, 6.45) is -3.58. The van der Waals surface area contributed by atoms with Crippen molar-refractivity contribution in [2.75, 3.05) is 11.9 Å². The SMILES string of the molecule is CC(C)c1cccc(N(C)C(=O)c2cn(C)nc2C(F)(F)F)c1. The van der Waals surface area contributed by atoms with Crippen molar-refractivity contribution in [3.8, 4) is 0 Å². The van der Waals surface area contributed by atoms with Gasteiger partial charge in [0.2, 0.25) is 0 Å². The summed E-state index contributed by atoms with van der Waals surface area (Å²) in [5.74, 6) is -0.492. The van der Waals surface area contributed by atoms with Crippen molar-refractivity contribution < 1.29 is 18.0 Å². The number of aromatic nitrogens is 2. The van der Waals surface area contributed by atoms with Gasteiger partial charge in [-0.1, -0.05) is 26.0 Å². The largest absolute Gasteiger partial charge is 0.435 e. The zero-order valence-corrected chi connectivity index (χ0v) is 13.3. The third-order valence-corrected chi connectivity index (χ3v) is 3.56. The lowest BCUT2D eigenvalue weighted by atomic mass is 10.0. The number of alkyl halides is 3. The van der Waals surface area contributed by atoms with E-state index in [1.165, 1.54) is 19.0 Å². The number of aryl methyl sites for hydroxylation is 1. The normalized spacial score (nSPS) is 11.8. The number of hydrogen-bond donors (Lipinski definition) is 0. The molecule has 0 N–H and O–H groups in total. The monoisotopic (exact) mass is 325 g/mol. The maximum absolute atomic E-state index is 13.0. The lowest BCUT2D eigenvalue weighted by molar-refractivity contribution is -0.141. The second kappa shape index (κ2) is 6.06. The van der Waals surface area contributed by atoms with Crippen LogP contribution in [0.4, 0.5) is 18.9 Å². The number of rotatable bonds is 3. The summed E-state index contributed by atoms with van der Waals surface area (Å²) >= 11 is 0. The van der Waals surface area contributed by atoms with Crippen LogP contribution in [0, 0.1) is 0 Å². The van der Waals surface area contributed by atoms with Gasteiger partial charge in [-0.2, -0.15) is 18.3 Å². The van der Waals surface area contributed by atoms with Crippen LogP contribution in [0.5, 0.6) is 0 Å². The van der Waals surface area contributed by atoms with E-state index in [0.29, 0.717) is 5.69 Å². The molecule has 0 bridgehead atoms. The van der Waals surface area contributed by atoms with E-state index in [-0.39, 0.29) is 5.92 Å². The number of carbonyl (C=O) groups is 1. The van der Waals surface area contributed by atoms with Crippen LogP contribution in [0.15, 0.2) is 30.5 Å². The van der Waals surface area contributed by atoms with Crippen LogP contribution in [0.25, 0.3) is 0 Å². The van der Waals surface area contributed by atoms with Gasteiger partial charge in [0, 0.05) is 26.0 Å². The quantitative estimate of drug-likeness (QED) is 0.860. The number of benzene rings is 1. The van der Waals surface area contributed by atoms with Crippen molar-refractivity contribution in [1.29, 1.82) is 0 Å². The molecule has 0 aliphatic rings. The predicted molar refractivity (Wildman–Crippen MR) is 81.5 cm³/mol. The first-order chi connectivity index (χ1) is 10.6. The summed E-state index contributed by atoms with van der Waals surface area (Å²) in [7, 11) is 2.81. The molecule has 0 radical (unpaired) electrons. The second-order valence-electron chi connectivity index (χ2n) is 5.68. The molecule has 1 aromatic carbocycles. The van der Waals surface area contributed by atoms with Crippen molar-refractivity contribution in [2.24, 2.45) is 7.05 Å². The molecule has 124 valence electrons. The van der Waals surface area contributed by atoms with E-state index in [1.54, 1.807) is 18.2 Å². The van der Waals surface area contributed by atoms with E-state index in [9.17, 15) is 18.0 Å². The van der Waals surface area contributed by atoms with Crippen LogP contribution in [0.3, 0.4) is 0 Å². The molecule has 0 fully saturated rings. The second-order valence-corrected chi connectivity index (χ2v) is 5.68. The Morgan fingerprint density at radius 1 is 1.30 bits per heavy atom. The van der Waals surface area contributed by atoms with Crippen LogP contribution in [-0.2, 0) is 13.2 Å². The smallest absolute Gasteiger partial charge is 0.311 e. The van der Waals surface area contributed by atoms with Crippen LogP contribution < -0.4 is 4.90 Å². The highest BCUT2D eigenvalue weighted by Crippen LogP contribution is 2.32. The van der Waals surface area contributed by atoms with Crippen molar-refractivity contribution in [3.05, 3.63) is 47.3 Å². The minimum Gasteiger partial charge on any atom is -0.311 e. The molecule has 0 aliphatic carbocycles. The van der Waals surface area contributed by atoms with Gasteiger partial charge in [0.25, 0.3) is 5.91 Å². The van der Waals surface area contributed by atoms with Gasteiger partial charge in [-0.05, 0) is 23.6 Å². The first-order valence-corrected chi connectivity index (χ1v) is 7.10. The Morgan fingerprint density at radius 3 is 2.52 bits per heavy atom. The Bertz CT molecular complexity index is 720. The van der Waals surface area contributed by atoms with Gasteiger partial charge in [0.15, 0.2) is 5.69 Å². The lowest BCUT2D eigenvalue weighted by Gasteiger charge is -2.19. The highest BCUT2D eigenvalue weighted by Gasteiger charge is 2.39. The molecule has 7 heteroatoms. The molecule has 0 saturated carbocycles. The minimum atomic E-state index is -4.67. The number of hydrogen-bond acceptors (Lipinski definition) is 2. The minimum absolute atomic E-state index is 0.252. The van der Waals surface area contributed by atoms with Crippen molar-refractivity contribution in [3.63, 3.8) is 0 Å². The third-order valence-electron chi connectivity index (χ3n) is 3.56. The Kier molecular flexibility index (Phi) is 4.49. The number of anilines is 1. The van der Waals surface area contributed by atoms with E-state index < -0.39 is 23.3 Å². The molecule has 1 aromatic heterocycles. The molecular weight excluding hydrogens is 307 g/mol. The van der Waals surface area contributed by atoms with E-state index >= 15 is 0 Å². The predicted octanol–water partition coefficient (Wildman–Crippen LogP) is 3.84. The summed E-state index contributed by atoms with van der Waals surface area (Å²) < 4.78 is 40.0. The van der Waals surface area contributed by atoms with E-state index in [2.05, 4.69) is 5.10 Å². The first-order valence-electron chi connectivity index (χ1n) is 7.10. The Hall–Kier alpha value is -2.31. The van der Waals surface area contributed by atoms with Crippen molar-refractivity contribution in [2.45, 2.75) is 25.9 Å². The summed E-state index contributed by atoms with van der Waals surface area (Å²) in [6.45, 7) is 4.01. The van der Waals surface area contributed by atoms with Crippen molar-refractivity contribution >= 4 is 11.6 Å². The maximum atomic E-state index is 13.0.